The lowest BCUT2D eigenvalue weighted by molar-refractivity contribution is -0.125. The molecule has 0 aromatic heterocycles. The van der Waals surface area contributed by atoms with Gasteiger partial charge in [-0.2, -0.15) is 0 Å². The van der Waals surface area contributed by atoms with Crippen molar-refractivity contribution in [3.8, 4) is 0 Å². The highest BCUT2D eigenvalue weighted by Gasteiger charge is 2.28. The number of fused-ring (bicyclic) bond motifs is 1. The Kier molecular flexibility index (Phi) is 5.67. The zero-order valence-electron chi connectivity index (χ0n) is 15.6. The molecule has 1 heterocycles. The molecule has 4 heteroatoms. The lowest BCUT2D eigenvalue weighted by atomic mass is 9.87. The number of benzene rings is 2. The highest BCUT2D eigenvalue weighted by molar-refractivity contribution is 6.31. The Balaban J connectivity index is 2.07. The molecule has 26 heavy (non-hydrogen) atoms. The van der Waals surface area contributed by atoms with Crippen molar-refractivity contribution in [3.63, 3.8) is 0 Å². The topological polar surface area (TPSA) is 23.6 Å². The predicted octanol–water partition coefficient (Wildman–Crippen LogP) is 5.17. The number of nitrogens with zero attached hydrogens (tertiary/aromatic N) is 2. The second kappa shape index (κ2) is 7.96. The van der Waals surface area contributed by atoms with Crippen LogP contribution < -0.4 is 4.90 Å². The van der Waals surface area contributed by atoms with E-state index in [1.165, 1.54) is 5.56 Å². The Morgan fingerprint density at radius 3 is 2.54 bits per heavy atom. The molecule has 0 spiro atoms. The normalized spacial score (nSPS) is 17.9. The second-order valence-electron chi connectivity index (χ2n) is 6.58. The van der Waals surface area contributed by atoms with E-state index in [1.807, 2.05) is 49.1 Å². The fourth-order valence-electron chi connectivity index (χ4n) is 3.62. The maximum atomic E-state index is 12.7. The first-order valence-electron chi connectivity index (χ1n) is 9.12. The third-order valence-corrected chi connectivity index (χ3v) is 5.36. The minimum atomic E-state index is 0.0715. The minimum Gasteiger partial charge on any atom is -0.367 e. The molecule has 0 fully saturated rings. The first kappa shape index (κ1) is 18.5. The predicted molar refractivity (Wildman–Crippen MR) is 110 cm³/mol. The third kappa shape index (κ3) is 3.63. The smallest absolute Gasteiger partial charge is 0.246 e. The monoisotopic (exact) mass is 368 g/mol. The summed E-state index contributed by atoms with van der Waals surface area (Å²) in [4.78, 5) is 16.8. The van der Waals surface area contributed by atoms with E-state index in [1.54, 1.807) is 0 Å². The van der Waals surface area contributed by atoms with E-state index >= 15 is 0 Å². The van der Waals surface area contributed by atoms with Crippen molar-refractivity contribution in [1.29, 1.82) is 0 Å². The number of rotatable bonds is 4. The Bertz CT molecular complexity index is 812. The Labute approximate surface area is 160 Å². The number of halogens is 1. The van der Waals surface area contributed by atoms with Crippen LogP contribution in [0, 0.1) is 0 Å². The summed E-state index contributed by atoms with van der Waals surface area (Å²) in [6.07, 6.45) is 2.60. The third-order valence-electron chi connectivity index (χ3n) is 5.12. The lowest BCUT2D eigenvalue weighted by Gasteiger charge is -2.38. The molecule has 0 aliphatic carbocycles. The van der Waals surface area contributed by atoms with Crippen LogP contribution in [0.2, 0.25) is 5.02 Å². The highest BCUT2D eigenvalue weighted by Crippen LogP contribution is 2.44. The van der Waals surface area contributed by atoms with Crippen LogP contribution in [0.5, 0.6) is 0 Å². The molecule has 2 aromatic carbocycles. The van der Waals surface area contributed by atoms with Gasteiger partial charge in [-0.25, -0.2) is 0 Å². The van der Waals surface area contributed by atoms with Crippen molar-refractivity contribution in [2.45, 2.75) is 26.3 Å². The zero-order valence-corrected chi connectivity index (χ0v) is 16.3. The van der Waals surface area contributed by atoms with E-state index in [2.05, 4.69) is 36.2 Å². The van der Waals surface area contributed by atoms with Gasteiger partial charge in [0, 0.05) is 42.5 Å². The van der Waals surface area contributed by atoms with Gasteiger partial charge < -0.3 is 9.80 Å². The van der Waals surface area contributed by atoms with E-state index in [0.29, 0.717) is 18.1 Å². The standard InChI is InChI=1S/C22H25ClN2O/c1-4-25(5-2)22(26)14-17-13-20(16-9-7-6-8-10-16)24(3)21-15-18(23)11-12-19(17)21/h6-12,14-15,20H,4-5,13H2,1-3H3/b17-14+. The minimum absolute atomic E-state index is 0.0715. The molecule has 2 aromatic rings. The second-order valence-corrected chi connectivity index (χ2v) is 7.02. The highest BCUT2D eigenvalue weighted by atomic mass is 35.5. The van der Waals surface area contributed by atoms with Gasteiger partial charge in [0.05, 0.1) is 6.04 Å². The van der Waals surface area contributed by atoms with Gasteiger partial charge in [-0.3, -0.25) is 4.79 Å². The number of hydrogen-bond donors (Lipinski definition) is 0. The van der Waals surface area contributed by atoms with Crippen LogP contribution >= 0.6 is 11.6 Å². The van der Waals surface area contributed by atoms with Gasteiger partial charge in [0.1, 0.15) is 0 Å². The van der Waals surface area contributed by atoms with E-state index in [0.717, 1.165) is 23.2 Å². The molecular formula is C22H25ClN2O. The number of amides is 1. The SMILES string of the molecule is CCN(CC)C(=O)/C=C1\CC(c2ccccc2)N(C)c2cc(Cl)ccc21. The average molecular weight is 369 g/mol. The molecule has 0 saturated heterocycles. The molecule has 1 atom stereocenters. The van der Waals surface area contributed by atoms with E-state index in [9.17, 15) is 4.79 Å². The summed E-state index contributed by atoms with van der Waals surface area (Å²) < 4.78 is 0. The maximum Gasteiger partial charge on any atom is 0.246 e. The van der Waals surface area contributed by atoms with Crippen molar-refractivity contribution >= 4 is 28.8 Å². The molecule has 0 saturated carbocycles. The Morgan fingerprint density at radius 2 is 1.88 bits per heavy atom. The van der Waals surface area contributed by atoms with Gasteiger partial charge >= 0.3 is 0 Å². The summed E-state index contributed by atoms with van der Waals surface area (Å²) in [5, 5.41) is 0.707. The molecule has 1 unspecified atom stereocenters. The first-order chi connectivity index (χ1) is 12.5. The molecule has 3 rings (SSSR count). The van der Waals surface area contributed by atoms with Gasteiger partial charge in [0.2, 0.25) is 5.91 Å². The summed E-state index contributed by atoms with van der Waals surface area (Å²) >= 11 is 6.26. The fourth-order valence-corrected chi connectivity index (χ4v) is 3.79. The summed E-state index contributed by atoms with van der Waals surface area (Å²) in [5.41, 5.74) is 4.46. The van der Waals surface area contributed by atoms with Crippen LogP contribution in [0.3, 0.4) is 0 Å². The maximum absolute atomic E-state index is 12.7. The number of carbonyl (C=O) groups excluding carboxylic acids is 1. The Morgan fingerprint density at radius 1 is 1.19 bits per heavy atom. The molecular weight excluding hydrogens is 344 g/mol. The van der Waals surface area contributed by atoms with Gasteiger partial charge in [-0.05, 0) is 43.5 Å². The van der Waals surface area contributed by atoms with Gasteiger partial charge in [0.15, 0.2) is 0 Å². The van der Waals surface area contributed by atoms with Crippen molar-refractivity contribution in [2.75, 3.05) is 25.0 Å². The van der Waals surface area contributed by atoms with Crippen LogP contribution in [0.1, 0.15) is 37.4 Å². The van der Waals surface area contributed by atoms with Crippen LogP contribution in [-0.4, -0.2) is 30.9 Å². The number of hydrogen-bond acceptors (Lipinski definition) is 2. The number of likely N-dealkylation sites (N-methyl/N-ethyl adjacent to an activating group) is 1. The largest absolute Gasteiger partial charge is 0.367 e. The summed E-state index contributed by atoms with van der Waals surface area (Å²) in [7, 11) is 2.09. The lowest BCUT2D eigenvalue weighted by Crippen LogP contribution is -2.31. The molecule has 136 valence electrons. The molecule has 3 nitrogen and oxygen atoms in total. The molecule has 1 amide bonds. The number of anilines is 1. The van der Waals surface area contributed by atoms with E-state index < -0.39 is 0 Å². The quantitative estimate of drug-likeness (QED) is 0.695. The molecule has 0 radical (unpaired) electrons. The summed E-state index contributed by atoms with van der Waals surface area (Å²) in [5.74, 6) is 0.0715. The van der Waals surface area contributed by atoms with Crippen molar-refractivity contribution in [3.05, 3.63) is 70.8 Å². The van der Waals surface area contributed by atoms with Gasteiger partial charge in [-0.1, -0.05) is 48.0 Å². The van der Waals surface area contributed by atoms with E-state index in [-0.39, 0.29) is 11.9 Å². The fraction of sp³-hybridized carbons (Fsp3) is 0.318. The Hall–Kier alpha value is -2.26. The van der Waals surface area contributed by atoms with Crippen molar-refractivity contribution in [1.82, 2.24) is 4.90 Å². The van der Waals surface area contributed by atoms with Crippen molar-refractivity contribution in [2.24, 2.45) is 0 Å². The molecule has 1 aliphatic rings. The first-order valence-corrected chi connectivity index (χ1v) is 9.50. The van der Waals surface area contributed by atoms with Crippen LogP contribution in [-0.2, 0) is 4.79 Å². The molecule has 0 bridgehead atoms. The summed E-state index contributed by atoms with van der Waals surface area (Å²) in [6, 6.07) is 16.5. The van der Waals surface area contributed by atoms with E-state index in [4.69, 9.17) is 11.6 Å². The number of carbonyl (C=O) groups is 1. The molecule has 1 aliphatic heterocycles. The summed E-state index contributed by atoms with van der Waals surface area (Å²) in [6.45, 7) is 5.45. The van der Waals surface area contributed by atoms with Crippen molar-refractivity contribution < 1.29 is 4.79 Å². The van der Waals surface area contributed by atoms with Crippen LogP contribution in [0.4, 0.5) is 5.69 Å². The van der Waals surface area contributed by atoms with Gasteiger partial charge in [0.25, 0.3) is 0 Å². The average Bonchev–Trinajstić information content (AvgIpc) is 2.65. The van der Waals surface area contributed by atoms with Crippen LogP contribution in [0.25, 0.3) is 5.57 Å². The van der Waals surface area contributed by atoms with Crippen LogP contribution in [0.15, 0.2) is 54.6 Å². The zero-order chi connectivity index (χ0) is 18.7. The van der Waals surface area contributed by atoms with Gasteiger partial charge in [-0.15, -0.1) is 0 Å². The molecule has 0 N–H and O–H groups in total.